The average Bonchev–Trinajstić information content (AvgIpc) is 2.37. The number of hydrogen-bond acceptors (Lipinski definition) is 3. The van der Waals surface area contributed by atoms with Crippen molar-refractivity contribution in [3.8, 4) is 0 Å². The van der Waals surface area contributed by atoms with Crippen molar-refractivity contribution in [1.29, 1.82) is 0 Å². The number of nitrogens with two attached hydrogens (primary N) is 1. The van der Waals surface area contributed by atoms with Gasteiger partial charge in [0.05, 0.1) is 6.54 Å². The standard InChI is InChI=1S/C15H29N3O2/c1-12(2)9-13(10-16)17-14(19)11-18-8-6-4-3-5-7-15(18)20/h12-13H,3-11,16H2,1-2H3,(H,17,19). The Morgan fingerprint density at radius 3 is 2.65 bits per heavy atom. The lowest BCUT2D eigenvalue weighted by Crippen LogP contribution is -2.47. The number of carbonyl (C=O) groups excluding carboxylic acids is 2. The van der Waals surface area contributed by atoms with Crippen LogP contribution in [0.1, 0.15) is 52.4 Å². The summed E-state index contributed by atoms with van der Waals surface area (Å²) in [5.41, 5.74) is 5.68. The van der Waals surface area contributed by atoms with Crippen LogP contribution in [0.3, 0.4) is 0 Å². The average molecular weight is 283 g/mol. The van der Waals surface area contributed by atoms with E-state index in [0.29, 0.717) is 25.4 Å². The minimum absolute atomic E-state index is 0.00681. The van der Waals surface area contributed by atoms with Gasteiger partial charge >= 0.3 is 0 Å². The molecule has 1 aliphatic rings. The Labute approximate surface area is 122 Å². The zero-order chi connectivity index (χ0) is 15.0. The van der Waals surface area contributed by atoms with Crippen LogP contribution in [0.25, 0.3) is 0 Å². The summed E-state index contributed by atoms with van der Waals surface area (Å²) in [6.45, 7) is 5.53. The number of likely N-dealkylation sites (tertiary alicyclic amines) is 1. The molecule has 0 radical (unpaired) electrons. The van der Waals surface area contributed by atoms with Gasteiger partial charge in [-0.3, -0.25) is 9.59 Å². The van der Waals surface area contributed by atoms with Gasteiger partial charge in [0.2, 0.25) is 11.8 Å². The lowest BCUT2D eigenvalue weighted by Gasteiger charge is -2.26. The molecular weight excluding hydrogens is 254 g/mol. The van der Waals surface area contributed by atoms with Crippen molar-refractivity contribution >= 4 is 11.8 Å². The summed E-state index contributed by atoms with van der Waals surface area (Å²) in [6, 6.07) is 0.00681. The van der Waals surface area contributed by atoms with Crippen LogP contribution in [0.2, 0.25) is 0 Å². The fraction of sp³-hybridized carbons (Fsp3) is 0.867. The van der Waals surface area contributed by atoms with Crippen LogP contribution in [-0.4, -0.2) is 42.4 Å². The van der Waals surface area contributed by atoms with Crippen molar-refractivity contribution in [3.63, 3.8) is 0 Å². The molecule has 3 N–H and O–H groups in total. The van der Waals surface area contributed by atoms with Crippen molar-refractivity contribution in [1.82, 2.24) is 10.2 Å². The number of rotatable bonds is 6. The van der Waals surface area contributed by atoms with Crippen molar-refractivity contribution in [2.24, 2.45) is 11.7 Å². The van der Waals surface area contributed by atoms with E-state index in [-0.39, 0.29) is 24.4 Å². The molecule has 0 aromatic carbocycles. The fourth-order valence-electron chi connectivity index (χ4n) is 2.61. The summed E-state index contributed by atoms with van der Waals surface area (Å²) in [6.07, 6.45) is 5.64. The first-order valence-corrected chi connectivity index (χ1v) is 7.80. The molecule has 1 atom stereocenters. The normalized spacial score (nSPS) is 18.6. The van der Waals surface area contributed by atoms with Crippen molar-refractivity contribution < 1.29 is 9.59 Å². The number of hydrogen-bond donors (Lipinski definition) is 2. The van der Waals surface area contributed by atoms with Crippen LogP contribution in [0.15, 0.2) is 0 Å². The fourth-order valence-corrected chi connectivity index (χ4v) is 2.61. The number of carbonyl (C=O) groups is 2. The minimum atomic E-state index is -0.0879. The third-order valence-electron chi connectivity index (χ3n) is 3.66. The summed E-state index contributed by atoms with van der Waals surface area (Å²) in [7, 11) is 0. The molecule has 0 saturated carbocycles. The molecule has 20 heavy (non-hydrogen) atoms. The van der Waals surface area contributed by atoms with Gasteiger partial charge in [-0.2, -0.15) is 0 Å². The van der Waals surface area contributed by atoms with Gasteiger partial charge in [0.15, 0.2) is 0 Å². The first-order valence-electron chi connectivity index (χ1n) is 7.80. The van der Waals surface area contributed by atoms with Gasteiger partial charge in [0, 0.05) is 25.6 Å². The van der Waals surface area contributed by atoms with Crippen LogP contribution in [0.5, 0.6) is 0 Å². The molecular formula is C15H29N3O2. The molecule has 1 saturated heterocycles. The number of amides is 2. The van der Waals surface area contributed by atoms with E-state index < -0.39 is 0 Å². The van der Waals surface area contributed by atoms with Gasteiger partial charge in [-0.05, 0) is 25.2 Å². The van der Waals surface area contributed by atoms with Crippen LogP contribution < -0.4 is 11.1 Å². The Bertz CT molecular complexity index is 318. The second kappa shape index (κ2) is 8.95. The van der Waals surface area contributed by atoms with E-state index in [4.69, 9.17) is 5.73 Å². The number of nitrogens with zero attached hydrogens (tertiary/aromatic N) is 1. The molecule has 116 valence electrons. The highest BCUT2D eigenvalue weighted by atomic mass is 16.2. The second-order valence-corrected chi connectivity index (χ2v) is 6.11. The first-order chi connectivity index (χ1) is 9.52. The maximum atomic E-state index is 12.0. The smallest absolute Gasteiger partial charge is 0.239 e. The Morgan fingerprint density at radius 1 is 1.30 bits per heavy atom. The maximum absolute atomic E-state index is 12.0. The molecule has 5 nitrogen and oxygen atoms in total. The lowest BCUT2D eigenvalue weighted by atomic mass is 10.0. The van der Waals surface area contributed by atoms with E-state index in [1.807, 2.05) is 0 Å². The Hall–Kier alpha value is -1.10. The van der Waals surface area contributed by atoms with Crippen molar-refractivity contribution in [2.75, 3.05) is 19.6 Å². The molecule has 1 unspecified atom stereocenters. The summed E-state index contributed by atoms with van der Waals surface area (Å²) < 4.78 is 0. The van der Waals surface area contributed by atoms with E-state index in [0.717, 1.165) is 32.1 Å². The molecule has 5 heteroatoms. The molecule has 0 aromatic rings. The van der Waals surface area contributed by atoms with Gasteiger partial charge in [0.25, 0.3) is 0 Å². The van der Waals surface area contributed by atoms with Crippen LogP contribution in [0, 0.1) is 5.92 Å². The summed E-state index contributed by atoms with van der Waals surface area (Å²) in [5, 5.41) is 2.94. The summed E-state index contributed by atoms with van der Waals surface area (Å²) >= 11 is 0. The monoisotopic (exact) mass is 283 g/mol. The van der Waals surface area contributed by atoms with Crippen molar-refractivity contribution in [3.05, 3.63) is 0 Å². The Balaban J connectivity index is 2.44. The van der Waals surface area contributed by atoms with E-state index in [9.17, 15) is 9.59 Å². The predicted molar refractivity (Wildman–Crippen MR) is 80.1 cm³/mol. The van der Waals surface area contributed by atoms with E-state index >= 15 is 0 Å². The van der Waals surface area contributed by atoms with Gasteiger partial charge in [-0.15, -0.1) is 0 Å². The van der Waals surface area contributed by atoms with Gasteiger partial charge in [0.1, 0.15) is 0 Å². The molecule has 2 amide bonds. The molecule has 0 aliphatic carbocycles. The van der Waals surface area contributed by atoms with Gasteiger partial charge < -0.3 is 16.0 Å². The molecule has 0 aromatic heterocycles. The third-order valence-corrected chi connectivity index (χ3v) is 3.66. The van der Waals surface area contributed by atoms with Crippen LogP contribution >= 0.6 is 0 Å². The molecule has 1 heterocycles. The summed E-state index contributed by atoms with van der Waals surface area (Å²) in [4.78, 5) is 25.7. The summed E-state index contributed by atoms with van der Waals surface area (Å²) in [5.74, 6) is 0.509. The highest BCUT2D eigenvalue weighted by Crippen LogP contribution is 2.11. The molecule has 1 aliphatic heterocycles. The van der Waals surface area contributed by atoms with Gasteiger partial charge in [-0.25, -0.2) is 0 Å². The Kier molecular flexibility index (Phi) is 7.59. The molecule has 0 bridgehead atoms. The molecule has 1 fully saturated rings. The van der Waals surface area contributed by atoms with Crippen LogP contribution in [0.4, 0.5) is 0 Å². The Morgan fingerprint density at radius 2 is 2.00 bits per heavy atom. The van der Waals surface area contributed by atoms with Crippen LogP contribution in [-0.2, 0) is 9.59 Å². The molecule has 0 spiro atoms. The SMILES string of the molecule is CC(C)CC(CN)NC(=O)CN1CCCCCCC1=O. The second-order valence-electron chi connectivity index (χ2n) is 6.11. The van der Waals surface area contributed by atoms with E-state index in [2.05, 4.69) is 19.2 Å². The van der Waals surface area contributed by atoms with E-state index in [1.54, 1.807) is 4.90 Å². The maximum Gasteiger partial charge on any atom is 0.239 e. The zero-order valence-electron chi connectivity index (χ0n) is 12.9. The van der Waals surface area contributed by atoms with Gasteiger partial charge in [-0.1, -0.05) is 26.7 Å². The predicted octanol–water partition coefficient (Wildman–Crippen LogP) is 1.27. The quantitative estimate of drug-likeness (QED) is 0.771. The third kappa shape index (κ3) is 6.37. The number of nitrogens with one attached hydrogen (secondary N) is 1. The van der Waals surface area contributed by atoms with E-state index in [1.165, 1.54) is 0 Å². The zero-order valence-corrected chi connectivity index (χ0v) is 12.9. The highest BCUT2D eigenvalue weighted by Gasteiger charge is 2.20. The highest BCUT2D eigenvalue weighted by molar-refractivity contribution is 5.85. The topological polar surface area (TPSA) is 75.4 Å². The largest absolute Gasteiger partial charge is 0.351 e. The molecule has 1 rings (SSSR count). The minimum Gasteiger partial charge on any atom is -0.351 e. The first kappa shape index (κ1) is 17.0. The lowest BCUT2D eigenvalue weighted by molar-refractivity contribution is -0.136. The van der Waals surface area contributed by atoms with Crippen molar-refractivity contribution in [2.45, 2.75) is 58.4 Å².